The fourth-order valence-corrected chi connectivity index (χ4v) is 2.67. The van der Waals surface area contributed by atoms with Crippen molar-refractivity contribution < 1.29 is 22.8 Å². The molecule has 0 saturated carbocycles. The molecule has 0 radical (unpaired) electrons. The van der Waals surface area contributed by atoms with Gasteiger partial charge in [-0.05, 0) is 12.8 Å². The van der Waals surface area contributed by atoms with E-state index >= 15 is 0 Å². The zero-order chi connectivity index (χ0) is 14.0. The van der Waals surface area contributed by atoms with Crippen LogP contribution in [0.1, 0.15) is 12.8 Å². The summed E-state index contributed by atoms with van der Waals surface area (Å²) in [4.78, 5) is 24.9. The number of hydrogen-bond acceptors (Lipinski definition) is 3. The van der Waals surface area contributed by atoms with Crippen LogP contribution in [-0.4, -0.2) is 55.1 Å². The van der Waals surface area contributed by atoms with Gasteiger partial charge < -0.3 is 15.5 Å². The lowest BCUT2D eigenvalue weighted by Crippen LogP contribution is -2.51. The summed E-state index contributed by atoms with van der Waals surface area (Å²) in [6, 6.07) is -0.207. The maximum Gasteiger partial charge on any atom is 0.401 e. The molecule has 2 aliphatic rings. The fraction of sp³-hybridized carbons (Fsp3) is 0.818. The number of fused-ring (bicyclic) bond motifs is 1. The molecule has 0 aromatic carbocycles. The van der Waals surface area contributed by atoms with E-state index in [-0.39, 0.29) is 30.3 Å². The third-order valence-corrected chi connectivity index (χ3v) is 3.52. The first-order chi connectivity index (χ1) is 8.88. The summed E-state index contributed by atoms with van der Waals surface area (Å²) in [5, 5.41) is 4.79. The average molecular weight is 279 g/mol. The van der Waals surface area contributed by atoms with Gasteiger partial charge in [0.05, 0.1) is 25.0 Å². The Balaban J connectivity index is 1.86. The molecule has 2 saturated heterocycles. The predicted molar refractivity (Wildman–Crippen MR) is 60.2 cm³/mol. The predicted octanol–water partition coefficient (Wildman–Crippen LogP) is -0.125. The Labute approximate surface area is 108 Å². The van der Waals surface area contributed by atoms with Crippen molar-refractivity contribution in [1.82, 2.24) is 15.5 Å². The number of rotatable bonds is 3. The molecule has 0 aromatic rings. The van der Waals surface area contributed by atoms with E-state index in [0.29, 0.717) is 19.5 Å². The van der Waals surface area contributed by atoms with Crippen molar-refractivity contribution in [3.05, 3.63) is 0 Å². The van der Waals surface area contributed by atoms with Gasteiger partial charge in [0.1, 0.15) is 0 Å². The molecule has 8 heteroatoms. The molecule has 0 bridgehead atoms. The number of carbonyl (C=O) groups excluding carboxylic acids is 2. The number of alkyl halides is 3. The molecule has 0 aromatic heterocycles. The van der Waals surface area contributed by atoms with Gasteiger partial charge in [0.15, 0.2) is 0 Å². The summed E-state index contributed by atoms with van der Waals surface area (Å²) in [6.45, 7) is -0.633. The molecule has 0 spiro atoms. The molecule has 19 heavy (non-hydrogen) atoms. The average Bonchev–Trinajstić information content (AvgIpc) is 2.69. The minimum Gasteiger partial charge on any atom is -0.354 e. The van der Waals surface area contributed by atoms with Crippen molar-refractivity contribution in [2.45, 2.75) is 25.1 Å². The maximum absolute atomic E-state index is 12.0. The number of carbonyl (C=O) groups is 2. The summed E-state index contributed by atoms with van der Waals surface area (Å²) in [5.74, 6) is -0.651. The van der Waals surface area contributed by atoms with Crippen molar-refractivity contribution in [3.63, 3.8) is 0 Å². The van der Waals surface area contributed by atoms with E-state index in [4.69, 9.17) is 0 Å². The van der Waals surface area contributed by atoms with Crippen LogP contribution >= 0.6 is 0 Å². The highest BCUT2D eigenvalue weighted by Gasteiger charge is 2.42. The minimum absolute atomic E-state index is 0.0641. The molecule has 108 valence electrons. The second-order valence-electron chi connectivity index (χ2n) is 4.87. The van der Waals surface area contributed by atoms with Gasteiger partial charge in [-0.15, -0.1) is 0 Å². The van der Waals surface area contributed by atoms with Crippen LogP contribution in [0.15, 0.2) is 0 Å². The third kappa shape index (κ3) is 3.37. The summed E-state index contributed by atoms with van der Waals surface area (Å²) in [5.41, 5.74) is 0. The maximum atomic E-state index is 12.0. The van der Waals surface area contributed by atoms with E-state index in [1.54, 1.807) is 0 Å². The SMILES string of the molecule is O=C1NCC2C1CCCN2C(=O)CNCC(F)(F)F. The summed E-state index contributed by atoms with van der Waals surface area (Å²) >= 11 is 0. The molecule has 0 aliphatic carbocycles. The molecule has 5 nitrogen and oxygen atoms in total. The van der Waals surface area contributed by atoms with Crippen LogP contribution in [0.3, 0.4) is 0 Å². The number of nitrogens with zero attached hydrogens (tertiary/aromatic N) is 1. The Bertz CT molecular complexity index is 373. The fourth-order valence-electron chi connectivity index (χ4n) is 2.67. The second-order valence-corrected chi connectivity index (χ2v) is 4.87. The van der Waals surface area contributed by atoms with Gasteiger partial charge in [-0.1, -0.05) is 0 Å². The van der Waals surface area contributed by atoms with Gasteiger partial charge in [0.2, 0.25) is 11.8 Å². The highest BCUT2D eigenvalue weighted by molar-refractivity contribution is 5.85. The Morgan fingerprint density at radius 1 is 1.47 bits per heavy atom. The molecule has 2 fully saturated rings. The summed E-state index contributed by atoms with van der Waals surface area (Å²) in [6.07, 6.45) is -2.88. The lowest BCUT2D eigenvalue weighted by Gasteiger charge is -2.36. The Kier molecular flexibility index (Phi) is 3.98. The molecule has 2 N–H and O–H groups in total. The molecule has 2 heterocycles. The Morgan fingerprint density at radius 3 is 2.89 bits per heavy atom. The van der Waals surface area contributed by atoms with Gasteiger partial charge in [-0.25, -0.2) is 0 Å². The minimum atomic E-state index is -4.32. The molecular weight excluding hydrogens is 263 g/mol. The zero-order valence-electron chi connectivity index (χ0n) is 10.3. The number of hydrogen-bond donors (Lipinski definition) is 2. The van der Waals surface area contributed by atoms with Crippen LogP contribution in [0.25, 0.3) is 0 Å². The first-order valence-corrected chi connectivity index (χ1v) is 6.23. The standard InChI is InChI=1S/C11H16F3N3O2/c12-11(13,14)6-15-5-9(18)17-3-1-2-7-8(17)4-16-10(7)19/h7-8,15H,1-6H2,(H,16,19). The van der Waals surface area contributed by atoms with Crippen molar-refractivity contribution >= 4 is 11.8 Å². The van der Waals surface area contributed by atoms with Crippen molar-refractivity contribution in [2.75, 3.05) is 26.2 Å². The van der Waals surface area contributed by atoms with Crippen LogP contribution in [0.2, 0.25) is 0 Å². The van der Waals surface area contributed by atoms with Crippen LogP contribution in [0.5, 0.6) is 0 Å². The van der Waals surface area contributed by atoms with Crippen LogP contribution in [0.4, 0.5) is 13.2 Å². The van der Waals surface area contributed by atoms with Gasteiger partial charge in [-0.3, -0.25) is 9.59 Å². The largest absolute Gasteiger partial charge is 0.401 e. The smallest absolute Gasteiger partial charge is 0.354 e. The summed E-state index contributed by atoms with van der Waals surface area (Å²) in [7, 11) is 0. The topological polar surface area (TPSA) is 61.4 Å². The van der Waals surface area contributed by atoms with Gasteiger partial charge >= 0.3 is 6.18 Å². The van der Waals surface area contributed by atoms with E-state index in [1.165, 1.54) is 4.90 Å². The zero-order valence-corrected chi connectivity index (χ0v) is 10.3. The van der Waals surface area contributed by atoms with Crippen molar-refractivity contribution in [3.8, 4) is 0 Å². The molecular formula is C11H16F3N3O2. The van der Waals surface area contributed by atoms with E-state index in [0.717, 1.165) is 6.42 Å². The molecule has 2 atom stereocenters. The van der Waals surface area contributed by atoms with Crippen LogP contribution < -0.4 is 10.6 Å². The van der Waals surface area contributed by atoms with E-state index in [9.17, 15) is 22.8 Å². The number of halogens is 3. The van der Waals surface area contributed by atoms with E-state index < -0.39 is 12.7 Å². The number of nitrogens with one attached hydrogen (secondary N) is 2. The lowest BCUT2D eigenvalue weighted by molar-refractivity contribution is -0.138. The molecule has 2 amide bonds. The van der Waals surface area contributed by atoms with Gasteiger partial charge in [0, 0.05) is 13.1 Å². The first-order valence-electron chi connectivity index (χ1n) is 6.23. The molecule has 2 rings (SSSR count). The van der Waals surface area contributed by atoms with Crippen LogP contribution in [-0.2, 0) is 9.59 Å². The molecule has 2 unspecified atom stereocenters. The van der Waals surface area contributed by atoms with Crippen molar-refractivity contribution in [1.29, 1.82) is 0 Å². The Morgan fingerprint density at radius 2 is 2.21 bits per heavy atom. The highest BCUT2D eigenvalue weighted by Crippen LogP contribution is 2.27. The third-order valence-electron chi connectivity index (χ3n) is 3.52. The van der Waals surface area contributed by atoms with Crippen molar-refractivity contribution in [2.24, 2.45) is 5.92 Å². The van der Waals surface area contributed by atoms with E-state index in [1.807, 2.05) is 0 Å². The number of likely N-dealkylation sites (tertiary alicyclic amines) is 1. The summed E-state index contributed by atoms with van der Waals surface area (Å²) < 4.78 is 35.9. The normalized spacial score (nSPS) is 27.1. The van der Waals surface area contributed by atoms with Gasteiger partial charge in [0.25, 0.3) is 0 Å². The van der Waals surface area contributed by atoms with Crippen LogP contribution in [0, 0.1) is 5.92 Å². The monoisotopic (exact) mass is 279 g/mol. The Hall–Kier alpha value is -1.31. The number of amides is 2. The first kappa shape index (κ1) is 14.1. The highest BCUT2D eigenvalue weighted by atomic mass is 19.4. The second kappa shape index (κ2) is 5.36. The lowest BCUT2D eigenvalue weighted by atomic mass is 9.91. The molecule has 2 aliphatic heterocycles. The quantitative estimate of drug-likeness (QED) is 0.757. The van der Waals surface area contributed by atoms with Gasteiger partial charge in [-0.2, -0.15) is 13.2 Å². The van der Waals surface area contributed by atoms with E-state index in [2.05, 4.69) is 10.6 Å². The number of piperidine rings is 1.